The molecule has 1 aromatic rings. The number of hydrogen-bond donors (Lipinski definition) is 1. The zero-order valence-electron chi connectivity index (χ0n) is 16.2. The average molecular weight is 504 g/mol. The Balaban J connectivity index is 1.78. The number of rotatable bonds is 3. The largest absolute Gasteiger partial charge is 0.444 e. The highest BCUT2D eigenvalue weighted by Crippen LogP contribution is 2.41. The van der Waals surface area contributed by atoms with Gasteiger partial charge in [0.05, 0.1) is 17.5 Å². The van der Waals surface area contributed by atoms with Crippen molar-refractivity contribution in [2.45, 2.75) is 37.7 Å². The first kappa shape index (κ1) is 22.1. The van der Waals surface area contributed by atoms with E-state index in [1.807, 2.05) is 24.3 Å². The van der Waals surface area contributed by atoms with Crippen LogP contribution in [0.3, 0.4) is 0 Å². The van der Waals surface area contributed by atoms with Gasteiger partial charge in [0.2, 0.25) is 0 Å². The lowest BCUT2D eigenvalue weighted by Gasteiger charge is -2.24. The summed E-state index contributed by atoms with van der Waals surface area (Å²) >= 11 is 4.70. The first-order valence-corrected chi connectivity index (χ1v) is 12.4. The number of halogens is 1. The number of amidine groups is 1. The molecule has 2 saturated heterocycles. The number of alkyl carbamates (subject to hydrolysis) is 1. The van der Waals surface area contributed by atoms with Crippen molar-refractivity contribution in [2.75, 3.05) is 23.0 Å². The highest BCUT2D eigenvalue weighted by molar-refractivity contribution is 9.10. The highest BCUT2D eigenvalue weighted by Gasteiger charge is 2.49. The maximum atomic E-state index is 12.3. The van der Waals surface area contributed by atoms with Gasteiger partial charge < -0.3 is 15.0 Å². The Bertz CT molecular complexity index is 958. The predicted octanol–water partition coefficient (Wildman–Crippen LogP) is 2.58. The number of nitrogens with one attached hydrogen (secondary N) is 1. The highest BCUT2D eigenvalue weighted by atomic mass is 79.9. The second-order valence-electron chi connectivity index (χ2n) is 7.79. The molecule has 2 atom stereocenters. The van der Waals surface area contributed by atoms with Crippen molar-refractivity contribution in [1.29, 1.82) is 0 Å². The number of sulfone groups is 1. The van der Waals surface area contributed by atoms with E-state index in [0.29, 0.717) is 5.17 Å². The van der Waals surface area contributed by atoms with Crippen LogP contribution in [-0.4, -0.2) is 60.5 Å². The molecule has 29 heavy (non-hydrogen) atoms. The van der Waals surface area contributed by atoms with Crippen LogP contribution in [0, 0.1) is 0 Å². The van der Waals surface area contributed by atoms with E-state index in [9.17, 15) is 18.0 Å². The Labute approximate surface area is 182 Å². The van der Waals surface area contributed by atoms with Gasteiger partial charge in [-0.3, -0.25) is 4.79 Å². The van der Waals surface area contributed by atoms with Gasteiger partial charge >= 0.3 is 6.09 Å². The SMILES string of the molecule is CC(C)(C)OC(=O)NCC(=O)N=C1S[C@@H]2CS(=O)(=O)C[C@@H]2N1c1cccc(Br)c1. The third-order valence-electron chi connectivity index (χ3n) is 4.16. The molecule has 0 unspecified atom stereocenters. The van der Waals surface area contributed by atoms with E-state index in [0.717, 1.165) is 10.2 Å². The van der Waals surface area contributed by atoms with Gasteiger partial charge in [0.25, 0.3) is 5.91 Å². The molecule has 0 spiro atoms. The van der Waals surface area contributed by atoms with E-state index >= 15 is 0 Å². The number of ether oxygens (including phenoxy) is 1. The maximum Gasteiger partial charge on any atom is 0.408 e. The second kappa shape index (κ2) is 8.27. The first-order chi connectivity index (χ1) is 13.4. The molecule has 2 heterocycles. The number of nitrogens with zero attached hydrogens (tertiary/aromatic N) is 2. The molecule has 1 N–H and O–H groups in total. The summed E-state index contributed by atoms with van der Waals surface area (Å²) in [5.74, 6) is -0.474. The van der Waals surface area contributed by atoms with Crippen LogP contribution >= 0.6 is 27.7 Å². The van der Waals surface area contributed by atoms with Gasteiger partial charge in [-0.2, -0.15) is 4.99 Å². The van der Waals surface area contributed by atoms with Gasteiger partial charge in [-0.25, -0.2) is 13.2 Å². The molecule has 0 bridgehead atoms. The number of hydrogen-bond acceptors (Lipinski definition) is 6. The molecule has 2 aliphatic rings. The number of carbonyl (C=O) groups is 2. The van der Waals surface area contributed by atoms with Crippen molar-refractivity contribution in [3.63, 3.8) is 0 Å². The van der Waals surface area contributed by atoms with E-state index in [1.54, 1.807) is 25.7 Å². The van der Waals surface area contributed by atoms with Crippen molar-refractivity contribution in [3.05, 3.63) is 28.7 Å². The Morgan fingerprint density at radius 3 is 2.72 bits per heavy atom. The lowest BCUT2D eigenvalue weighted by atomic mass is 10.2. The molecule has 0 saturated carbocycles. The Morgan fingerprint density at radius 1 is 1.34 bits per heavy atom. The fourth-order valence-electron chi connectivity index (χ4n) is 3.10. The van der Waals surface area contributed by atoms with Crippen LogP contribution in [0.5, 0.6) is 0 Å². The third-order valence-corrected chi connectivity index (χ3v) is 7.86. The number of anilines is 1. The maximum absolute atomic E-state index is 12.3. The van der Waals surface area contributed by atoms with Crippen molar-refractivity contribution >= 4 is 60.4 Å². The lowest BCUT2D eigenvalue weighted by molar-refractivity contribution is -0.117. The van der Waals surface area contributed by atoms with Crippen molar-refractivity contribution in [2.24, 2.45) is 4.99 Å². The van der Waals surface area contributed by atoms with Gasteiger partial charge in [-0.05, 0) is 39.0 Å². The normalized spacial score (nSPS) is 24.4. The predicted molar refractivity (Wildman–Crippen MR) is 117 cm³/mol. The van der Waals surface area contributed by atoms with Gasteiger partial charge in [-0.1, -0.05) is 33.8 Å². The first-order valence-electron chi connectivity index (χ1n) is 8.94. The van der Waals surface area contributed by atoms with Crippen molar-refractivity contribution < 1.29 is 22.7 Å². The summed E-state index contributed by atoms with van der Waals surface area (Å²) in [6.45, 7) is 4.88. The van der Waals surface area contributed by atoms with Gasteiger partial charge in [0, 0.05) is 15.4 Å². The van der Waals surface area contributed by atoms with Gasteiger partial charge in [0.1, 0.15) is 12.1 Å². The van der Waals surface area contributed by atoms with E-state index < -0.39 is 27.4 Å². The summed E-state index contributed by atoms with van der Waals surface area (Å²) in [5, 5.41) is 2.64. The smallest absolute Gasteiger partial charge is 0.408 e. The van der Waals surface area contributed by atoms with Crippen LogP contribution in [0.25, 0.3) is 0 Å². The molecule has 8 nitrogen and oxygen atoms in total. The molecule has 2 amide bonds. The van der Waals surface area contributed by atoms with Gasteiger partial charge in [0.15, 0.2) is 15.0 Å². The molecule has 0 aliphatic carbocycles. The lowest BCUT2D eigenvalue weighted by Crippen LogP contribution is -2.38. The van der Waals surface area contributed by atoms with Crippen LogP contribution < -0.4 is 10.2 Å². The van der Waals surface area contributed by atoms with Crippen LogP contribution in [0.1, 0.15) is 20.8 Å². The van der Waals surface area contributed by atoms with E-state index in [2.05, 4.69) is 26.2 Å². The van der Waals surface area contributed by atoms with E-state index in [-0.39, 0.29) is 29.3 Å². The fourth-order valence-corrected chi connectivity index (χ4v) is 7.42. The minimum Gasteiger partial charge on any atom is -0.444 e. The summed E-state index contributed by atoms with van der Waals surface area (Å²) in [6, 6.07) is 7.11. The molecule has 11 heteroatoms. The van der Waals surface area contributed by atoms with Crippen molar-refractivity contribution in [1.82, 2.24) is 5.32 Å². The minimum absolute atomic E-state index is 0.0144. The van der Waals surface area contributed by atoms with E-state index in [4.69, 9.17) is 4.74 Å². The van der Waals surface area contributed by atoms with Crippen LogP contribution in [0.4, 0.5) is 10.5 Å². The molecule has 2 aliphatic heterocycles. The summed E-state index contributed by atoms with van der Waals surface area (Å²) in [6.07, 6.45) is -0.697. The molecule has 2 fully saturated rings. The molecule has 1 aromatic carbocycles. The van der Waals surface area contributed by atoms with E-state index in [1.165, 1.54) is 11.8 Å². The Morgan fingerprint density at radius 2 is 2.07 bits per heavy atom. The summed E-state index contributed by atoms with van der Waals surface area (Å²) in [4.78, 5) is 30.0. The summed E-state index contributed by atoms with van der Waals surface area (Å²) in [5.41, 5.74) is 0.0870. The number of benzene rings is 1. The number of carbonyl (C=O) groups excluding carboxylic acids is 2. The van der Waals surface area contributed by atoms with Crippen LogP contribution in [0.2, 0.25) is 0 Å². The Hall–Kier alpha value is -1.59. The molecular formula is C18H22BrN3O5S2. The number of aliphatic imine (C=N–C) groups is 1. The molecule has 158 valence electrons. The topological polar surface area (TPSA) is 105 Å². The summed E-state index contributed by atoms with van der Waals surface area (Å²) < 4.78 is 30.1. The number of thioether (sulfide) groups is 1. The zero-order valence-corrected chi connectivity index (χ0v) is 19.4. The third kappa shape index (κ3) is 5.73. The fraction of sp³-hybridized carbons (Fsp3) is 0.500. The second-order valence-corrected chi connectivity index (χ2v) is 12.1. The number of amides is 2. The van der Waals surface area contributed by atoms with Crippen LogP contribution in [0.15, 0.2) is 33.7 Å². The average Bonchev–Trinajstić information content (AvgIpc) is 3.02. The standard InChI is InChI=1S/C18H22BrN3O5S2/c1-18(2,3)27-17(24)20-8-15(23)21-16-22(12-6-4-5-11(19)7-12)13-9-29(25,26)10-14(13)28-16/h4-7,13-14H,8-10H2,1-3H3,(H,20,24)/t13-,14+/m0/s1. The van der Waals surface area contributed by atoms with Crippen molar-refractivity contribution in [3.8, 4) is 0 Å². The molecular weight excluding hydrogens is 482 g/mol. The minimum atomic E-state index is -3.13. The zero-order chi connectivity index (χ0) is 21.4. The molecule has 3 rings (SSSR count). The molecule has 0 radical (unpaired) electrons. The quantitative estimate of drug-likeness (QED) is 0.675. The Kier molecular flexibility index (Phi) is 6.30. The number of fused-ring (bicyclic) bond motifs is 1. The summed E-state index contributed by atoms with van der Waals surface area (Å²) in [7, 11) is -3.13. The van der Waals surface area contributed by atoms with Gasteiger partial charge in [-0.15, -0.1) is 0 Å². The monoisotopic (exact) mass is 503 g/mol. The molecule has 0 aromatic heterocycles. The van der Waals surface area contributed by atoms with Crippen LogP contribution in [-0.2, 0) is 19.4 Å².